The molecule has 1 aliphatic rings. The number of nitrogens with one attached hydrogen (secondary N) is 2. The van der Waals surface area contributed by atoms with Gasteiger partial charge < -0.3 is 15.2 Å². The highest BCUT2D eigenvalue weighted by Gasteiger charge is 2.24. The van der Waals surface area contributed by atoms with Crippen LogP contribution in [0.2, 0.25) is 0 Å². The minimum Gasteiger partial charge on any atom is -0.371 e. The Balaban J connectivity index is 1.39. The monoisotopic (exact) mass is 383 g/mol. The maximum absolute atomic E-state index is 13.4. The van der Waals surface area contributed by atoms with Crippen LogP contribution in [-0.2, 0) is 0 Å². The molecule has 5 nitrogen and oxygen atoms in total. The van der Waals surface area contributed by atoms with Gasteiger partial charge in [-0.25, -0.2) is 8.78 Å². The average molecular weight is 383 g/mol. The topological polar surface area (TPSA) is 65.2 Å². The van der Waals surface area contributed by atoms with E-state index in [9.17, 15) is 18.4 Å². The molecule has 1 amide bonds. The number of fused-ring (bicyclic) bond motifs is 1. The fourth-order valence-corrected chi connectivity index (χ4v) is 3.58. The molecular formula is C21H19F2N3O2. The van der Waals surface area contributed by atoms with Crippen molar-refractivity contribution in [2.75, 3.05) is 24.5 Å². The molecule has 1 aromatic heterocycles. The first-order chi connectivity index (χ1) is 13.5. The summed E-state index contributed by atoms with van der Waals surface area (Å²) in [5.41, 5.74) is 0.555. The first-order valence-corrected chi connectivity index (χ1v) is 9.11. The molecule has 1 aliphatic heterocycles. The van der Waals surface area contributed by atoms with Crippen molar-refractivity contribution in [3.05, 3.63) is 76.2 Å². The molecule has 2 aromatic carbocycles. The number of aromatic nitrogens is 1. The standard InChI is InChI=1S/C21H19F2N3O2/c22-17-6-5-15(10-18(17)23)26-8-7-13(12-26)11-24-21(28)19-9-14-3-1-2-4-16(14)20(27)25-19/h1-6,9-10,13H,7-8,11-12H2,(H,24,28)(H,25,27)/t13-/m0/s1. The van der Waals surface area contributed by atoms with Gasteiger partial charge in [0.25, 0.3) is 11.5 Å². The fraction of sp³-hybridized carbons (Fsp3) is 0.238. The van der Waals surface area contributed by atoms with E-state index in [1.54, 1.807) is 30.3 Å². The highest BCUT2D eigenvalue weighted by molar-refractivity contribution is 5.96. The molecule has 0 saturated carbocycles. The van der Waals surface area contributed by atoms with E-state index < -0.39 is 11.6 Å². The molecule has 1 fully saturated rings. The van der Waals surface area contributed by atoms with Gasteiger partial charge in [-0.1, -0.05) is 18.2 Å². The van der Waals surface area contributed by atoms with E-state index in [1.165, 1.54) is 6.07 Å². The Morgan fingerprint density at radius 2 is 1.96 bits per heavy atom. The van der Waals surface area contributed by atoms with Crippen molar-refractivity contribution >= 4 is 22.4 Å². The number of halogens is 2. The van der Waals surface area contributed by atoms with Crippen molar-refractivity contribution in [3.8, 4) is 0 Å². The predicted molar refractivity (Wildman–Crippen MR) is 104 cm³/mol. The number of carbonyl (C=O) groups is 1. The quantitative estimate of drug-likeness (QED) is 0.728. The van der Waals surface area contributed by atoms with E-state index in [0.717, 1.165) is 12.5 Å². The van der Waals surface area contributed by atoms with Crippen molar-refractivity contribution in [1.82, 2.24) is 10.3 Å². The fourth-order valence-electron chi connectivity index (χ4n) is 3.58. The lowest BCUT2D eigenvalue weighted by Gasteiger charge is -2.19. The van der Waals surface area contributed by atoms with Crippen molar-refractivity contribution in [3.63, 3.8) is 0 Å². The van der Waals surface area contributed by atoms with Crippen molar-refractivity contribution in [1.29, 1.82) is 0 Å². The highest BCUT2D eigenvalue weighted by atomic mass is 19.2. The third kappa shape index (κ3) is 3.60. The smallest absolute Gasteiger partial charge is 0.267 e. The molecule has 0 bridgehead atoms. The number of nitrogens with zero attached hydrogens (tertiary/aromatic N) is 1. The summed E-state index contributed by atoms with van der Waals surface area (Å²) < 4.78 is 26.5. The second-order valence-corrected chi connectivity index (χ2v) is 7.01. The van der Waals surface area contributed by atoms with E-state index in [4.69, 9.17) is 0 Å². The number of pyridine rings is 1. The van der Waals surface area contributed by atoms with Crippen LogP contribution in [0.3, 0.4) is 0 Å². The highest BCUT2D eigenvalue weighted by Crippen LogP contribution is 2.25. The molecule has 0 spiro atoms. The van der Waals surface area contributed by atoms with Crippen LogP contribution in [0.25, 0.3) is 10.8 Å². The van der Waals surface area contributed by atoms with Gasteiger partial charge in [0.2, 0.25) is 0 Å². The minimum absolute atomic E-state index is 0.184. The van der Waals surface area contributed by atoms with Crippen LogP contribution in [-0.4, -0.2) is 30.5 Å². The molecular weight excluding hydrogens is 364 g/mol. The van der Waals surface area contributed by atoms with E-state index in [0.29, 0.717) is 36.1 Å². The summed E-state index contributed by atoms with van der Waals surface area (Å²) in [6.07, 6.45) is 0.827. The van der Waals surface area contributed by atoms with Gasteiger partial charge in [-0.3, -0.25) is 9.59 Å². The van der Waals surface area contributed by atoms with Crippen molar-refractivity contribution in [2.24, 2.45) is 5.92 Å². The maximum Gasteiger partial charge on any atom is 0.267 e. The summed E-state index contributed by atoms with van der Waals surface area (Å²) in [7, 11) is 0. The Morgan fingerprint density at radius 1 is 1.14 bits per heavy atom. The largest absolute Gasteiger partial charge is 0.371 e. The number of hydrogen-bond donors (Lipinski definition) is 2. The number of H-pyrrole nitrogens is 1. The summed E-state index contributed by atoms with van der Waals surface area (Å²) in [6.45, 7) is 1.78. The van der Waals surface area contributed by atoms with Gasteiger partial charge in [0.05, 0.1) is 0 Å². The number of aromatic amines is 1. The van der Waals surface area contributed by atoms with Gasteiger partial charge in [0.1, 0.15) is 5.69 Å². The second kappa shape index (κ2) is 7.42. The van der Waals surface area contributed by atoms with Gasteiger partial charge in [-0.2, -0.15) is 0 Å². The summed E-state index contributed by atoms with van der Waals surface area (Å²) in [5.74, 6) is -1.89. The van der Waals surface area contributed by atoms with Gasteiger partial charge in [-0.05, 0) is 42.0 Å². The number of carbonyl (C=O) groups excluding carboxylic acids is 1. The van der Waals surface area contributed by atoms with E-state index >= 15 is 0 Å². The molecule has 28 heavy (non-hydrogen) atoms. The first kappa shape index (κ1) is 18.2. The average Bonchev–Trinajstić information content (AvgIpc) is 3.17. The molecule has 2 N–H and O–H groups in total. The maximum atomic E-state index is 13.4. The lowest BCUT2D eigenvalue weighted by atomic mass is 10.1. The lowest BCUT2D eigenvalue weighted by molar-refractivity contribution is 0.0943. The summed E-state index contributed by atoms with van der Waals surface area (Å²) in [6, 6.07) is 12.6. The van der Waals surface area contributed by atoms with E-state index in [2.05, 4.69) is 10.3 Å². The normalized spacial score (nSPS) is 16.5. The number of anilines is 1. The summed E-state index contributed by atoms with van der Waals surface area (Å²) >= 11 is 0. The van der Waals surface area contributed by atoms with Crippen LogP contribution < -0.4 is 15.8 Å². The number of hydrogen-bond acceptors (Lipinski definition) is 3. The van der Waals surface area contributed by atoms with Crippen LogP contribution in [0.4, 0.5) is 14.5 Å². The van der Waals surface area contributed by atoms with Crippen LogP contribution in [0.15, 0.2) is 53.3 Å². The molecule has 3 aromatic rings. The molecule has 0 aliphatic carbocycles. The molecule has 7 heteroatoms. The SMILES string of the molecule is O=C(NC[C@@H]1CCN(c2ccc(F)c(F)c2)C1)c1cc2ccccc2c(=O)[nH]1. The van der Waals surface area contributed by atoms with Crippen LogP contribution in [0.1, 0.15) is 16.9 Å². The third-order valence-corrected chi connectivity index (χ3v) is 5.10. The molecule has 0 radical (unpaired) electrons. The summed E-state index contributed by atoms with van der Waals surface area (Å²) in [4.78, 5) is 29.1. The third-order valence-electron chi connectivity index (χ3n) is 5.10. The molecule has 1 saturated heterocycles. The zero-order chi connectivity index (χ0) is 19.7. The minimum atomic E-state index is -0.866. The number of amides is 1. The van der Waals surface area contributed by atoms with Crippen LogP contribution >= 0.6 is 0 Å². The van der Waals surface area contributed by atoms with Gasteiger partial charge in [0.15, 0.2) is 11.6 Å². The Bertz CT molecular complexity index is 1100. The Morgan fingerprint density at radius 3 is 2.79 bits per heavy atom. The Hall–Kier alpha value is -3.22. The molecule has 1 atom stereocenters. The Labute approximate surface area is 160 Å². The van der Waals surface area contributed by atoms with Crippen LogP contribution in [0.5, 0.6) is 0 Å². The van der Waals surface area contributed by atoms with Crippen molar-refractivity contribution in [2.45, 2.75) is 6.42 Å². The zero-order valence-electron chi connectivity index (χ0n) is 15.0. The van der Waals surface area contributed by atoms with Gasteiger partial charge >= 0.3 is 0 Å². The summed E-state index contributed by atoms with van der Waals surface area (Å²) in [5, 5.41) is 4.10. The Kier molecular flexibility index (Phi) is 4.81. The van der Waals surface area contributed by atoms with Crippen molar-refractivity contribution < 1.29 is 13.6 Å². The second-order valence-electron chi connectivity index (χ2n) is 7.01. The molecule has 0 unspecified atom stereocenters. The van der Waals surface area contributed by atoms with E-state index in [-0.39, 0.29) is 23.1 Å². The molecule has 144 valence electrons. The molecule has 4 rings (SSSR count). The number of benzene rings is 2. The number of rotatable bonds is 4. The van der Waals surface area contributed by atoms with Gasteiger partial charge in [0, 0.05) is 36.8 Å². The first-order valence-electron chi connectivity index (χ1n) is 9.11. The lowest BCUT2D eigenvalue weighted by Crippen LogP contribution is -2.32. The molecule has 2 heterocycles. The predicted octanol–water partition coefficient (Wildman–Crippen LogP) is 3.06. The van der Waals surface area contributed by atoms with Gasteiger partial charge in [-0.15, -0.1) is 0 Å². The van der Waals surface area contributed by atoms with Crippen LogP contribution in [0, 0.1) is 17.6 Å². The van der Waals surface area contributed by atoms with E-state index in [1.807, 2.05) is 11.0 Å². The zero-order valence-corrected chi connectivity index (χ0v) is 15.0.